The van der Waals surface area contributed by atoms with Crippen LogP contribution in [0, 0.1) is 0 Å². The quantitative estimate of drug-likeness (QED) is 0.415. The molecule has 3 heteroatoms. The molecule has 0 aromatic heterocycles. The maximum Gasteiger partial charge on any atom is 0.293 e. The summed E-state index contributed by atoms with van der Waals surface area (Å²) in [6.45, 7) is 5.69. The van der Waals surface area contributed by atoms with Gasteiger partial charge in [0.2, 0.25) is 0 Å². The van der Waals surface area contributed by atoms with Gasteiger partial charge in [0.1, 0.15) is 6.10 Å². The number of carbonyl (C=O) groups is 1. The van der Waals surface area contributed by atoms with Crippen LogP contribution >= 0.6 is 0 Å². The Balaban J connectivity index is 3.02. The van der Waals surface area contributed by atoms with Gasteiger partial charge in [0, 0.05) is 6.61 Å². The highest BCUT2D eigenvalue weighted by Gasteiger charge is 1.99. The zero-order valence-corrected chi connectivity index (χ0v) is 7.91. The molecule has 72 valence electrons. The predicted molar refractivity (Wildman–Crippen MR) is 47.0 cm³/mol. The van der Waals surface area contributed by atoms with E-state index < -0.39 is 0 Å². The van der Waals surface area contributed by atoms with Crippen LogP contribution in [0.15, 0.2) is 0 Å². The van der Waals surface area contributed by atoms with Gasteiger partial charge in [0.15, 0.2) is 0 Å². The number of carbonyl (C=O) groups excluding carboxylic acids is 1. The first-order chi connectivity index (χ1) is 5.81. The molecule has 0 heterocycles. The van der Waals surface area contributed by atoms with Crippen molar-refractivity contribution in [1.29, 1.82) is 0 Å². The maximum atomic E-state index is 9.87. The molecule has 0 spiro atoms. The fraction of sp³-hybridized carbons (Fsp3) is 0.889. The summed E-state index contributed by atoms with van der Waals surface area (Å²) in [5.41, 5.74) is 0. The van der Waals surface area contributed by atoms with Crippen molar-refractivity contribution in [3.63, 3.8) is 0 Å². The molecular formula is C9H18O3. The Bertz CT molecular complexity index is 104. The first kappa shape index (κ1) is 11.4. The molecule has 0 saturated carbocycles. The fourth-order valence-corrected chi connectivity index (χ4v) is 0.838. The van der Waals surface area contributed by atoms with Crippen molar-refractivity contribution in [2.24, 2.45) is 0 Å². The van der Waals surface area contributed by atoms with E-state index in [4.69, 9.17) is 4.74 Å². The van der Waals surface area contributed by atoms with Gasteiger partial charge in [-0.2, -0.15) is 0 Å². The number of ether oxygens (including phenoxy) is 2. The molecule has 1 unspecified atom stereocenters. The molecule has 3 nitrogen and oxygen atoms in total. The van der Waals surface area contributed by atoms with Crippen LogP contribution in [0.1, 0.15) is 33.1 Å². The van der Waals surface area contributed by atoms with E-state index in [0.29, 0.717) is 13.1 Å². The molecule has 0 aromatic carbocycles. The molecule has 0 saturated heterocycles. The third kappa shape index (κ3) is 7.54. The second-order valence-corrected chi connectivity index (χ2v) is 2.82. The summed E-state index contributed by atoms with van der Waals surface area (Å²) >= 11 is 0. The van der Waals surface area contributed by atoms with Gasteiger partial charge in [-0.25, -0.2) is 0 Å². The topological polar surface area (TPSA) is 35.5 Å². The molecule has 12 heavy (non-hydrogen) atoms. The largest absolute Gasteiger partial charge is 0.462 e. The van der Waals surface area contributed by atoms with Gasteiger partial charge in [-0.3, -0.25) is 4.79 Å². The first-order valence-corrected chi connectivity index (χ1v) is 4.48. The van der Waals surface area contributed by atoms with Crippen molar-refractivity contribution in [2.45, 2.75) is 39.2 Å². The molecule has 0 aromatic rings. The normalized spacial score (nSPS) is 12.5. The smallest absolute Gasteiger partial charge is 0.293 e. The lowest BCUT2D eigenvalue weighted by Gasteiger charge is -2.09. The van der Waals surface area contributed by atoms with E-state index in [2.05, 4.69) is 11.7 Å². The van der Waals surface area contributed by atoms with Crippen LogP contribution in [0.25, 0.3) is 0 Å². The monoisotopic (exact) mass is 174 g/mol. The zero-order valence-electron chi connectivity index (χ0n) is 7.91. The van der Waals surface area contributed by atoms with Crippen molar-refractivity contribution < 1.29 is 14.3 Å². The van der Waals surface area contributed by atoms with E-state index in [1.165, 1.54) is 12.8 Å². The van der Waals surface area contributed by atoms with Crippen molar-refractivity contribution in [3.05, 3.63) is 0 Å². The van der Waals surface area contributed by atoms with Crippen LogP contribution in [-0.2, 0) is 14.3 Å². The Labute approximate surface area is 74.0 Å². The zero-order chi connectivity index (χ0) is 9.23. The van der Waals surface area contributed by atoms with E-state index in [-0.39, 0.29) is 6.10 Å². The van der Waals surface area contributed by atoms with Gasteiger partial charge in [-0.15, -0.1) is 0 Å². The van der Waals surface area contributed by atoms with Crippen LogP contribution in [0.2, 0.25) is 0 Å². The third-order valence-electron chi connectivity index (χ3n) is 1.53. The Morgan fingerprint density at radius 1 is 1.42 bits per heavy atom. The van der Waals surface area contributed by atoms with E-state index in [9.17, 15) is 4.79 Å². The number of rotatable bonds is 8. The van der Waals surface area contributed by atoms with E-state index in [0.717, 1.165) is 13.0 Å². The number of hydrogen-bond acceptors (Lipinski definition) is 3. The van der Waals surface area contributed by atoms with Crippen LogP contribution < -0.4 is 0 Å². The molecule has 0 N–H and O–H groups in total. The Hall–Kier alpha value is -0.570. The average Bonchev–Trinajstić information content (AvgIpc) is 2.05. The number of unbranched alkanes of at least 4 members (excludes halogenated alkanes) is 2. The van der Waals surface area contributed by atoms with Gasteiger partial charge >= 0.3 is 0 Å². The summed E-state index contributed by atoms with van der Waals surface area (Å²) in [5, 5.41) is 0. The number of hydrogen-bond donors (Lipinski definition) is 0. The van der Waals surface area contributed by atoms with Crippen molar-refractivity contribution >= 4 is 6.47 Å². The van der Waals surface area contributed by atoms with E-state index in [1.54, 1.807) is 0 Å². The lowest BCUT2D eigenvalue weighted by Crippen LogP contribution is -2.15. The fourth-order valence-electron chi connectivity index (χ4n) is 0.838. The minimum atomic E-state index is -0.121. The predicted octanol–water partition coefficient (Wildman–Crippen LogP) is 1.75. The minimum Gasteiger partial charge on any atom is -0.462 e. The SMILES string of the molecule is CCCCCOCC(C)OC=O. The highest BCUT2D eigenvalue weighted by Crippen LogP contribution is 1.96. The van der Waals surface area contributed by atoms with E-state index >= 15 is 0 Å². The van der Waals surface area contributed by atoms with Gasteiger partial charge in [0.05, 0.1) is 6.61 Å². The average molecular weight is 174 g/mol. The molecule has 0 aliphatic rings. The second-order valence-electron chi connectivity index (χ2n) is 2.82. The van der Waals surface area contributed by atoms with Crippen LogP contribution in [0.5, 0.6) is 0 Å². The Morgan fingerprint density at radius 3 is 2.75 bits per heavy atom. The summed E-state index contributed by atoms with van der Waals surface area (Å²) in [4.78, 5) is 9.87. The Morgan fingerprint density at radius 2 is 2.17 bits per heavy atom. The van der Waals surface area contributed by atoms with Crippen molar-refractivity contribution in [1.82, 2.24) is 0 Å². The van der Waals surface area contributed by atoms with Gasteiger partial charge in [0.25, 0.3) is 6.47 Å². The summed E-state index contributed by atoms with van der Waals surface area (Å²) in [6, 6.07) is 0. The summed E-state index contributed by atoms with van der Waals surface area (Å²) in [5.74, 6) is 0. The van der Waals surface area contributed by atoms with Crippen LogP contribution in [-0.4, -0.2) is 25.8 Å². The molecule has 0 fully saturated rings. The summed E-state index contributed by atoms with van der Waals surface area (Å²) in [7, 11) is 0. The summed E-state index contributed by atoms with van der Waals surface area (Å²) in [6.07, 6.45) is 3.36. The van der Waals surface area contributed by atoms with E-state index in [1.807, 2.05) is 6.92 Å². The van der Waals surface area contributed by atoms with Crippen molar-refractivity contribution in [3.8, 4) is 0 Å². The minimum absolute atomic E-state index is 0.121. The molecule has 0 aliphatic heterocycles. The Kier molecular flexibility index (Phi) is 8.12. The van der Waals surface area contributed by atoms with Crippen LogP contribution in [0.4, 0.5) is 0 Å². The molecule has 0 rings (SSSR count). The molecule has 0 aliphatic carbocycles. The third-order valence-corrected chi connectivity index (χ3v) is 1.53. The molecule has 0 amide bonds. The van der Waals surface area contributed by atoms with Gasteiger partial charge in [-0.1, -0.05) is 19.8 Å². The molecule has 1 atom stereocenters. The molecule has 0 radical (unpaired) electrons. The lowest BCUT2D eigenvalue weighted by molar-refractivity contribution is -0.135. The first-order valence-electron chi connectivity index (χ1n) is 4.48. The maximum absolute atomic E-state index is 9.87. The highest BCUT2D eigenvalue weighted by atomic mass is 16.6. The van der Waals surface area contributed by atoms with Crippen LogP contribution in [0.3, 0.4) is 0 Å². The lowest BCUT2D eigenvalue weighted by atomic mass is 10.3. The molecular weight excluding hydrogens is 156 g/mol. The van der Waals surface area contributed by atoms with Gasteiger partial charge < -0.3 is 9.47 Å². The van der Waals surface area contributed by atoms with Crippen molar-refractivity contribution in [2.75, 3.05) is 13.2 Å². The second kappa shape index (κ2) is 8.53. The highest BCUT2D eigenvalue weighted by molar-refractivity contribution is 5.37. The standard InChI is InChI=1S/C9H18O3/c1-3-4-5-6-11-7-9(2)12-8-10/h8-9H,3-7H2,1-2H3. The van der Waals surface area contributed by atoms with Gasteiger partial charge in [-0.05, 0) is 13.3 Å². The molecule has 0 bridgehead atoms. The summed E-state index contributed by atoms with van der Waals surface area (Å²) < 4.78 is 9.91.